The van der Waals surface area contributed by atoms with Crippen LogP contribution in [0.2, 0.25) is 0 Å². The third kappa shape index (κ3) is 14.9. The lowest BCUT2D eigenvalue weighted by atomic mass is 10.1. The van der Waals surface area contributed by atoms with Gasteiger partial charge in [-0.2, -0.15) is 0 Å². The lowest BCUT2D eigenvalue weighted by molar-refractivity contribution is -0.134. The highest BCUT2D eigenvalue weighted by atomic mass is 35.5. The molecule has 0 bridgehead atoms. The van der Waals surface area contributed by atoms with Crippen molar-refractivity contribution in [3.8, 4) is 11.5 Å². The summed E-state index contributed by atoms with van der Waals surface area (Å²) in [5, 5.41) is 0. The van der Waals surface area contributed by atoms with Crippen molar-refractivity contribution >= 4 is 23.0 Å². The minimum absolute atomic E-state index is 0.247. The molecule has 0 fully saturated rings. The van der Waals surface area contributed by atoms with Gasteiger partial charge in [0.05, 0.1) is 0 Å². The number of halogens is 1. The van der Waals surface area contributed by atoms with Gasteiger partial charge < -0.3 is 9.47 Å². The van der Waals surface area contributed by atoms with Gasteiger partial charge in [0.15, 0.2) is 0 Å². The van der Waals surface area contributed by atoms with Gasteiger partial charge in [-0.3, -0.25) is 4.79 Å². The van der Waals surface area contributed by atoms with Crippen LogP contribution in [0.1, 0.15) is 84.0 Å². The Labute approximate surface area is 186 Å². The third-order valence-electron chi connectivity index (χ3n) is 4.59. The molecule has 0 aromatic heterocycles. The lowest BCUT2D eigenvalue weighted by Crippen LogP contribution is -2.07. The van der Waals surface area contributed by atoms with Crippen LogP contribution in [0.5, 0.6) is 11.5 Å². The maximum absolute atomic E-state index is 11.9. The summed E-state index contributed by atoms with van der Waals surface area (Å²) in [5.41, 5.74) is -0.902. The molecule has 0 aliphatic carbocycles. The minimum atomic E-state index is -0.902. The SMILES string of the molecule is CCCCC/C=C\C/C=C\CCCCCCCC(=O)Oc1ccc(OC(=O)Cl)cc1. The van der Waals surface area contributed by atoms with Gasteiger partial charge in [-0.15, -0.1) is 0 Å². The molecular weight excluding hydrogens is 400 g/mol. The predicted octanol–water partition coefficient (Wildman–Crippen LogP) is 8.14. The van der Waals surface area contributed by atoms with E-state index in [2.05, 4.69) is 31.2 Å². The predicted molar refractivity (Wildman–Crippen MR) is 123 cm³/mol. The molecule has 0 radical (unpaired) electrons. The van der Waals surface area contributed by atoms with E-state index in [1.807, 2.05) is 0 Å². The Balaban J connectivity index is 1.98. The minimum Gasteiger partial charge on any atom is -0.427 e. The summed E-state index contributed by atoms with van der Waals surface area (Å²) in [5.74, 6) is 0.489. The highest BCUT2D eigenvalue weighted by Crippen LogP contribution is 2.19. The quantitative estimate of drug-likeness (QED) is 0.0865. The molecule has 0 saturated carbocycles. The standard InChI is InChI=1S/C25H35ClO4/c1-2-3-4-5-6-7-8-9-10-11-12-13-14-15-16-17-24(27)29-22-18-20-23(21-19-22)30-25(26)28/h6-7,9-10,18-21H,2-5,8,11-17H2,1H3/b7-6-,10-9-. The number of hydrogen-bond donors (Lipinski definition) is 0. The van der Waals surface area contributed by atoms with Crippen molar-refractivity contribution in [1.82, 2.24) is 0 Å². The number of benzene rings is 1. The maximum Gasteiger partial charge on any atom is 0.409 e. The van der Waals surface area contributed by atoms with Gasteiger partial charge in [0.1, 0.15) is 11.5 Å². The molecule has 0 unspecified atom stereocenters. The second-order valence-electron chi connectivity index (χ2n) is 7.27. The van der Waals surface area contributed by atoms with E-state index in [9.17, 15) is 9.59 Å². The van der Waals surface area contributed by atoms with Crippen molar-refractivity contribution in [2.24, 2.45) is 0 Å². The zero-order valence-corrected chi connectivity index (χ0v) is 18.9. The van der Waals surface area contributed by atoms with Crippen LogP contribution in [0.4, 0.5) is 4.79 Å². The van der Waals surface area contributed by atoms with E-state index >= 15 is 0 Å². The number of unbranched alkanes of at least 4 members (excludes halogenated alkanes) is 8. The number of carbonyl (C=O) groups excluding carboxylic acids is 2. The summed E-state index contributed by atoms with van der Waals surface area (Å²) >= 11 is 5.14. The van der Waals surface area contributed by atoms with E-state index in [1.165, 1.54) is 50.7 Å². The summed E-state index contributed by atoms with van der Waals surface area (Å²) in [4.78, 5) is 22.5. The number of ether oxygens (including phenoxy) is 2. The zero-order chi connectivity index (χ0) is 21.9. The zero-order valence-electron chi connectivity index (χ0n) is 18.1. The molecule has 1 aromatic rings. The molecule has 0 N–H and O–H groups in total. The molecule has 0 saturated heterocycles. The number of hydrogen-bond acceptors (Lipinski definition) is 4. The van der Waals surface area contributed by atoms with Crippen LogP contribution in [0.3, 0.4) is 0 Å². The maximum atomic E-state index is 11.9. The van der Waals surface area contributed by atoms with E-state index in [0.717, 1.165) is 32.1 Å². The van der Waals surface area contributed by atoms with Crippen molar-refractivity contribution < 1.29 is 19.1 Å². The Kier molecular flexibility index (Phi) is 15.4. The van der Waals surface area contributed by atoms with Gasteiger partial charge in [-0.1, -0.05) is 63.3 Å². The van der Waals surface area contributed by atoms with Crippen LogP contribution in [0.25, 0.3) is 0 Å². The summed E-state index contributed by atoms with van der Waals surface area (Å²) in [6, 6.07) is 6.20. The summed E-state index contributed by atoms with van der Waals surface area (Å²) in [7, 11) is 0. The van der Waals surface area contributed by atoms with Gasteiger partial charge >= 0.3 is 11.4 Å². The van der Waals surface area contributed by atoms with Crippen LogP contribution in [-0.2, 0) is 4.79 Å². The first-order valence-corrected chi connectivity index (χ1v) is 11.5. The molecule has 1 aromatic carbocycles. The average Bonchev–Trinajstić information content (AvgIpc) is 2.72. The van der Waals surface area contributed by atoms with E-state index in [4.69, 9.17) is 21.1 Å². The first-order chi connectivity index (χ1) is 14.6. The molecule has 0 aliphatic rings. The van der Waals surface area contributed by atoms with Gasteiger partial charge in [-0.25, -0.2) is 4.79 Å². The molecule has 0 amide bonds. The number of allylic oxidation sites excluding steroid dienone is 4. The van der Waals surface area contributed by atoms with Gasteiger partial charge in [0.25, 0.3) is 0 Å². The van der Waals surface area contributed by atoms with Gasteiger partial charge in [-0.05, 0) is 62.8 Å². The van der Waals surface area contributed by atoms with Crippen LogP contribution >= 0.6 is 11.6 Å². The lowest BCUT2D eigenvalue weighted by Gasteiger charge is -2.05. The molecule has 0 spiro atoms. The smallest absolute Gasteiger partial charge is 0.409 e. The Hall–Kier alpha value is -2.07. The fourth-order valence-electron chi connectivity index (χ4n) is 2.93. The molecule has 0 atom stereocenters. The summed E-state index contributed by atoms with van der Waals surface area (Å²) < 4.78 is 9.98. The highest BCUT2D eigenvalue weighted by molar-refractivity contribution is 6.61. The van der Waals surface area contributed by atoms with Crippen LogP contribution in [0, 0.1) is 0 Å². The number of rotatable bonds is 16. The first-order valence-electron chi connectivity index (χ1n) is 11.1. The molecule has 30 heavy (non-hydrogen) atoms. The molecule has 0 heterocycles. The Morgan fingerprint density at radius 3 is 1.90 bits per heavy atom. The fourth-order valence-corrected chi connectivity index (χ4v) is 3.02. The van der Waals surface area contributed by atoms with Gasteiger partial charge in [0.2, 0.25) is 0 Å². The van der Waals surface area contributed by atoms with E-state index in [1.54, 1.807) is 12.1 Å². The Morgan fingerprint density at radius 2 is 1.30 bits per heavy atom. The number of esters is 1. The molecule has 5 heteroatoms. The normalized spacial score (nSPS) is 11.3. The largest absolute Gasteiger partial charge is 0.427 e. The number of carbonyl (C=O) groups is 2. The molecule has 1 rings (SSSR count). The topological polar surface area (TPSA) is 52.6 Å². The molecule has 0 aliphatic heterocycles. The van der Waals surface area contributed by atoms with Crippen LogP contribution in [-0.4, -0.2) is 11.4 Å². The highest BCUT2D eigenvalue weighted by Gasteiger charge is 2.06. The van der Waals surface area contributed by atoms with Crippen molar-refractivity contribution in [2.75, 3.05) is 0 Å². The van der Waals surface area contributed by atoms with Crippen LogP contribution in [0.15, 0.2) is 48.6 Å². The van der Waals surface area contributed by atoms with Gasteiger partial charge in [0, 0.05) is 18.0 Å². The van der Waals surface area contributed by atoms with Crippen LogP contribution < -0.4 is 9.47 Å². The van der Waals surface area contributed by atoms with Crippen molar-refractivity contribution in [2.45, 2.75) is 84.0 Å². The molecule has 166 valence electrons. The Morgan fingerprint density at radius 1 is 0.767 bits per heavy atom. The summed E-state index contributed by atoms with van der Waals surface area (Å²) in [6.07, 6.45) is 22.1. The molecular formula is C25H35ClO4. The van der Waals surface area contributed by atoms with Crippen molar-refractivity contribution in [3.05, 3.63) is 48.6 Å². The average molecular weight is 435 g/mol. The monoisotopic (exact) mass is 434 g/mol. The fraction of sp³-hybridized carbons (Fsp3) is 0.520. The summed E-state index contributed by atoms with van der Waals surface area (Å²) in [6.45, 7) is 2.23. The van der Waals surface area contributed by atoms with Crippen molar-refractivity contribution in [3.63, 3.8) is 0 Å². The first kappa shape index (κ1) is 26.0. The van der Waals surface area contributed by atoms with Crippen molar-refractivity contribution in [1.29, 1.82) is 0 Å². The Bertz CT molecular complexity index is 650. The molecule has 4 nitrogen and oxygen atoms in total. The van der Waals surface area contributed by atoms with E-state index in [-0.39, 0.29) is 5.97 Å². The third-order valence-corrected chi connectivity index (χ3v) is 4.66. The van der Waals surface area contributed by atoms with E-state index < -0.39 is 5.43 Å². The van der Waals surface area contributed by atoms with E-state index in [0.29, 0.717) is 17.9 Å². The second-order valence-corrected chi connectivity index (χ2v) is 7.57. The second kappa shape index (κ2) is 17.8.